The van der Waals surface area contributed by atoms with Crippen LogP contribution < -0.4 is 16.0 Å². The maximum absolute atomic E-state index is 6.05. The number of benzene rings is 2. The molecular weight excluding hydrogens is 320 g/mol. The van der Waals surface area contributed by atoms with Crippen molar-refractivity contribution in [2.24, 2.45) is 0 Å². The van der Waals surface area contributed by atoms with E-state index in [1.807, 2.05) is 12.1 Å². The van der Waals surface area contributed by atoms with Gasteiger partial charge in [-0.1, -0.05) is 48.0 Å². The molecule has 1 heterocycles. The summed E-state index contributed by atoms with van der Waals surface area (Å²) in [7, 11) is 0. The molecule has 0 saturated heterocycles. The summed E-state index contributed by atoms with van der Waals surface area (Å²) < 4.78 is 0. The van der Waals surface area contributed by atoms with Gasteiger partial charge in [-0.3, -0.25) is 0 Å². The highest BCUT2D eigenvalue weighted by Crippen LogP contribution is 2.22. The molecule has 0 aliphatic rings. The van der Waals surface area contributed by atoms with E-state index in [1.165, 1.54) is 16.5 Å². The van der Waals surface area contributed by atoms with E-state index in [4.69, 9.17) is 11.6 Å². The van der Waals surface area contributed by atoms with Crippen LogP contribution in [0.4, 0.5) is 11.5 Å². The normalized spacial score (nSPS) is 10.7. The molecule has 0 bridgehead atoms. The van der Waals surface area contributed by atoms with E-state index in [1.54, 1.807) is 6.20 Å². The van der Waals surface area contributed by atoms with Crippen molar-refractivity contribution < 1.29 is 0 Å². The highest BCUT2D eigenvalue weighted by molar-refractivity contribution is 6.32. The minimum atomic E-state index is 0.648. The second kappa shape index (κ2) is 8.52. The average Bonchev–Trinajstić information content (AvgIpc) is 2.62. The Bertz CT molecular complexity index is 786. The molecule has 3 N–H and O–H groups in total. The molecule has 24 heavy (non-hydrogen) atoms. The summed E-state index contributed by atoms with van der Waals surface area (Å²) in [6.45, 7) is 3.40. The molecule has 0 unspecified atom stereocenters. The standard InChI is InChI=1S/C19H21ClN4/c20-17-8-4-10-23-19(17)24-14-12-21-11-13-22-18-9-3-6-15-5-1-2-7-16(15)18/h1-10,21-22H,11-14H2,(H,23,24). The third kappa shape index (κ3) is 4.37. The van der Waals surface area contributed by atoms with Crippen molar-refractivity contribution in [2.45, 2.75) is 0 Å². The maximum Gasteiger partial charge on any atom is 0.144 e. The molecule has 0 aliphatic heterocycles. The van der Waals surface area contributed by atoms with E-state index in [9.17, 15) is 0 Å². The summed E-state index contributed by atoms with van der Waals surface area (Å²) >= 11 is 6.05. The summed E-state index contributed by atoms with van der Waals surface area (Å²) in [6, 6.07) is 18.4. The first kappa shape index (κ1) is 16.6. The van der Waals surface area contributed by atoms with Crippen LogP contribution in [-0.4, -0.2) is 31.2 Å². The molecule has 0 aliphatic carbocycles. The quantitative estimate of drug-likeness (QED) is 0.542. The fourth-order valence-corrected chi connectivity index (χ4v) is 2.76. The largest absolute Gasteiger partial charge is 0.383 e. The van der Waals surface area contributed by atoms with Crippen LogP contribution in [0.15, 0.2) is 60.8 Å². The van der Waals surface area contributed by atoms with Crippen LogP contribution in [0, 0.1) is 0 Å². The first-order valence-electron chi connectivity index (χ1n) is 8.11. The van der Waals surface area contributed by atoms with Gasteiger partial charge in [0.1, 0.15) is 5.82 Å². The Morgan fingerprint density at radius 1 is 0.792 bits per heavy atom. The lowest BCUT2D eigenvalue weighted by Gasteiger charge is -2.11. The van der Waals surface area contributed by atoms with Crippen LogP contribution in [0.1, 0.15) is 0 Å². The number of halogens is 1. The fraction of sp³-hybridized carbons (Fsp3) is 0.211. The van der Waals surface area contributed by atoms with Crippen molar-refractivity contribution in [3.63, 3.8) is 0 Å². The summed E-state index contributed by atoms with van der Waals surface area (Å²) in [4.78, 5) is 4.20. The van der Waals surface area contributed by atoms with Gasteiger partial charge in [-0.05, 0) is 23.6 Å². The lowest BCUT2D eigenvalue weighted by molar-refractivity contribution is 0.718. The SMILES string of the molecule is Clc1cccnc1NCCNCCNc1cccc2ccccc12. The molecule has 3 aromatic rings. The summed E-state index contributed by atoms with van der Waals surface area (Å²) in [5, 5.41) is 13.3. The minimum absolute atomic E-state index is 0.648. The zero-order valence-electron chi connectivity index (χ0n) is 13.4. The molecule has 0 spiro atoms. The van der Waals surface area contributed by atoms with Gasteiger partial charge in [0.25, 0.3) is 0 Å². The van der Waals surface area contributed by atoms with Crippen molar-refractivity contribution in [3.8, 4) is 0 Å². The number of pyridine rings is 1. The van der Waals surface area contributed by atoms with E-state index in [0.717, 1.165) is 32.0 Å². The van der Waals surface area contributed by atoms with Gasteiger partial charge < -0.3 is 16.0 Å². The maximum atomic E-state index is 6.05. The molecule has 124 valence electrons. The predicted molar refractivity (Wildman–Crippen MR) is 103 cm³/mol. The Balaban J connectivity index is 1.37. The third-order valence-electron chi connectivity index (χ3n) is 3.76. The Morgan fingerprint density at radius 2 is 1.58 bits per heavy atom. The number of aromatic nitrogens is 1. The monoisotopic (exact) mass is 340 g/mol. The highest BCUT2D eigenvalue weighted by Gasteiger charge is 2.00. The summed E-state index contributed by atoms with van der Waals surface area (Å²) in [5.41, 5.74) is 1.17. The van der Waals surface area contributed by atoms with Gasteiger partial charge >= 0.3 is 0 Å². The van der Waals surface area contributed by atoms with Gasteiger partial charge in [0.05, 0.1) is 5.02 Å². The zero-order valence-corrected chi connectivity index (χ0v) is 14.2. The van der Waals surface area contributed by atoms with Crippen LogP contribution >= 0.6 is 11.6 Å². The van der Waals surface area contributed by atoms with Gasteiger partial charge in [-0.15, -0.1) is 0 Å². The van der Waals surface area contributed by atoms with Gasteiger partial charge in [-0.25, -0.2) is 4.98 Å². The van der Waals surface area contributed by atoms with Gasteiger partial charge in [0.2, 0.25) is 0 Å². The molecule has 0 atom stereocenters. The number of nitrogens with one attached hydrogen (secondary N) is 3. The van der Waals surface area contributed by atoms with E-state index >= 15 is 0 Å². The Labute approximate surface area is 147 Å². The zero-order chi connectivity index (χ0) is 16.6. The number of anilines is 2. The van der Waals surface area contributed by atoms with Crippen molar-refractivity contribution in [2.75, 3.05) is 36.8 Å². The van der Waals surface area contributed by atoms with Gasteiger partial charge in [0, 0.05) is 43.4 Å². The first-order valence-corrected chi connectivity index (χ1v) is 8.49. The molecule has 0 saturated carbocycles. The molecule has 0 radical (unpaired) electrons. The second-order valence-corrected chi connectivity index (χ2v) is 5.87. The van der Waals surface area contributed by atoms with Crippen LogP contribution in [0.2, 0.25) is 5.02 Å². The number of rotatable bonds is 8. The van der Waals surface area contributed by atoms with Crippen LogP contribution in [0.25, 0.3) is 10.8 Å². The summed E-state index contributed by atoms with van der Waals surface area (Å²) in [6.07, 6.45) is 1.73. The topological polar surface area (TPSA) is 49.0 Å². The number of hydrogen-bond donors (Lipinski definition) is 3. The smallest absolute Gasteiger partial charge is 0.144 e. The summed E-state index contributed by atoms with van der Waals surface area (Å²) in [5.74, 6) is 0.731. The fourth-order valence-electron chi connectivity index (χ4n) is 2.58. The molecule has 2 aromatic carbocycles. The van der Waals surface area contributed by atoms with Crippen molar-refractivity contribution >= 4 is 33.9 Å². The van der Waals surface area contributed by atoms with Gasteiger partial charge in [-0.2, -0.15) is 0 Å². The number of fused-ring (bicyclic) bond motifs is 1. The second-order valence-electron chi connectivity index (χ2n) is 5.46. The minimum Gasteiger partial charge on any atom is -0.383 e. The molecule has 5 heteroatoms. The number of hydrogen-bond acceptors (Lipinski definition) is 4. The molecule has 0 amide bonds. The number of nitrogens with zero attached hydrogens (tertiary/aromatic N) is 1. The molecule has 3 rings (SSSR count). The molecular formula is C19H21ClN4. The van der Waals surface area contributed by atoms with E-state index < -0.39 is 0 Å². The van der Waals surface area contributed by atoms with E-state index in [0.29, 0.717) is 5.02 Å². The van der Waals surface area contributed by atoms with Crippen molar-refractivity contribution in [1.82, 2.24) is 10.3 Å². The van der Waals surface area contributed by atoms with E-state index in [2.05, 4.69) is 63.4 Å². The third-order valence-corrected chi connectivity index (χ3v) is 4.06. The Kier molecular flexibility index (Phi) is 5.88. The molecule has 0 fully saturated rings. The van der Waals surface area contributed by atoms with Crippen LogP contribution in [0.5, 0.6) is 0 Å². The Morgan fingerprint density at radius 3 is 2.46 bits per heavy atom. The molecule has 4 nitrogen and oxygen atoms in total. The lowest BCUT2D eigenvalue weighted by atomic mass is 10.1. The van der Waals surface area contributed by atoms with Crippen LogP contribution in [-0.2, 0) is 0 Å². The van der Waals surface area contributed by atoms with Gasteiger partial charge in [0.15, 0.2) is 0 Å². The first-order chi connectivity index (χ1) is 11.8. The van der Waals surface area contributed by atoms with Crippen molar-refractivity contribution in [3.05, 3.63) is 65.8 Å². The lowest BCUT2D eigenvalue weighted by Crippen LogP contribution is -2.27. The van der Waals surface area contributed by atoms with Crippen molar-refractivity contribution in [1.29, 1.82) is 0 Å². The Hall–Kier alpha value is -2.30. The highest BCUT2D eigenvalue weighted by atomic mass is 35.5. The van der Waals surface area contributed by atoms with E-state index in [-0.39, 0.29) is 0 Å². The average molecular weight is 341 g/mol. The molecule has 1 aromatic heterocycles. The van der Waals surface area contributed by atoms with Crippen LogP contribution in [0.3, 0.4) is 0 Å². The predicted octanol–water partition coefficient (Wildman–Crippen LogP) is 4.00.